The minimum atomic E-state index is -3.99. The zero-order valence-corrected chi connectivity index (χ0v) is 18.8. The predicted octanol–water partition coefficient (Wildman–Crippen LogP) is 4.73. The number of carbonyl (C=O) groups excluding carboxylic acids is 1. The highest BCUT2D eigenvalue weighted by Gasteiger charge is 2.27. The lowest BCUT2D eigenvalue weighted by Gasteiger charge is -2.23. The van der Waals surface area contributed by atoms with Crippen LogP contribution in [0.25, 0.3) is 0 Å². The van der Waals surface area contributed by atoms with Crippen LogP contribution in [0.2, 0.25) is 10.0 Å². The van der Waals surface area contributed by atoms with Gasteiger partial charge in [0.25, 0.3) is 15.9 Å². The van der Waals surface area contributed by atoms with Gasteiger partial charge < -0.3 is 0 Å². The molecule has 31 heavy (non-hydrogen) atoms. The van der Waals surface area contributed by atoms with Crippen molar-refractivity contribution in [1.29, 1.82) is 0 Å². The lowest BCUT2D eigenvalue weighted by atomic mass is 10.1. The van der Waals surface area contributed by atoms with Crippen LogP contribution in [0.15, 0.2) is 88.9 Å². The zero-order chi connectivity index (χ0) is 22.4. The van der Waals surface area contributed by atoms with Crippen LogP contribution in [-0.4, -0.2) is 26.6 Å². The van der Waals surface area contributed by atoms with Crippen LogP contribution in [0.4, 0.5) is 5.69 Å². The lowest BCUT2D eigenvalue weighted by Crippen LogP contribution is -2.39. The van der Waals surface area contributed by atoms with Crippen LogP contribution >= 0.6 is 23.2 Å². The van der Waals surface area contributed by atoms with Crippen LogP contribution in [0, 0.1) is 0 Å². The number of amides is 1. The smallest absolute Gasteiger partial charge is 0.264 e. The van der Waals surface area contributed by atoms with Gasteiger partial charge in [0, 0.05) is 10.0 Å². The Kier molecular flexibility index (Phi) is 7.33. The fourth-order valence-electron chi connectivity index (χ4n) is 2.71. The van der Waals surface area contributed by atoms with Gasteiger partial charge in [-0.05, 0) is 61.0 Å². The van der Waals surface area contributed by atoms with Gasteiger partial charge in [-0.1, -0.05) is 53.5 Å². The number of halogens is 2. The van der Waals surface area contributed by atoms with Gasteiger partial charge in [0.15, 0.2) is 0 Å². The van der Waals surface area contributed by atoms with Crippen LogP contribution in [-0.2, 0) is 14.8 Å². The second kappa shape index (κ2) is 9.96. The van der Waals surface area contributed by atoms with E-state index in [1.807, 2.05) is 0 Å². The normalized spacial score (nSPS) is 11.8. The molecule has 1 amide bonds. The van der Waals surface area contributed by atoms with Gasteiger partial charge >= 0.3 is 0 Å². The second-order valence-electron chi connectivity index (χ2n) is 6.54. The second-order valence-corrected chi connectivity index (χ2v) is 9.28. The molecule has 9 heteroatoms. The quantitative estimate of drug-likeness (QED) is 0.396. The highest BCUT2D eigenvalue weighted by Crippen LogP contribution is 2.25. The van der Waals surface area contributed by atoms with Gasteiger partial charge in [-0.15, -0.1) is 0 Å². The van der Waals surface area contributed by atoms with E-state index in [9.17, 15) is 13.2 Å². The summed E-state index contributed by atoms with van der Waals surface area (Å²) in [4.78, 5) is 12.7. The minimum absolute atomic E-state index is 0.0681. The van der Waals surface area contributed by atoms with Gasteiger partial charge in [-0.2, -0.15) is 5.10 Å². The summed E-state index contributed by atoms with van der Waals surface area (Å²) in [6.45, 7) is 1.26. The largest absolute Gasteiger partial charge is 0.271 e. The molecule has 0 aliphatic rings. The van der Waals surface area contributed by atoms with Crippen molar-refractivity contribution in [3.63, 3.8) is 0 Å². The number of carbonyl (C=O) groups is 1. The van der Waals surface area contributed by atoms with Crippen molar-refractivity contribution >= 4 is 50.5 Å². The third-order valence-electron chi connectivity index (χ3n) is 4.34. The molecule has 0 aromatic heterocycles. The van der Waals surface area contributed by atoms with E-state index in [-0.39, 0.29) is 4.90 Å². The Balaban J connectivity index is 1.84. The standard InChI is InChI=1S/C22H19Cl2N3O3S/c1-16(17-7-9-18(23)10-8-17)25-26-22(28)15-27(20-13-11-19(24)12-14-20)31(29,30)21-5-3-2-4-6-21/h2-14H,15H2,1H3,(H,26,28)/b25-16+. The molecular formula is C22H19Cl2N3O3S. The van der Waals surface area contributed by atoms with Crippen molar-refractivity contribution in [2.24, 2.45) is 5.10 Å². The fraction of sp³-hybridized carbons (Fsp3) is 0.0909. The van der Waals surface area contributed by atoms with Gasteiger partial charge in [-0.3, -0.25) is 9.10 Å². The Morgan fingerprint density at radius 1 is 0.903 bits per heavy atom. The molecule has 3 aromatic rings. The molecule has 0 aliphatic carbocycles. The van der Waals surface area contributed by atoms with E-state index < -0.39 is 22.5 Å². The highest BCUT2D eigenvalue weighted by molar-refractivity contribution is 7.92. The molecule has 0 atom stereocenters. The first-order chi connectivity index (χ1) is 14.8. The molecule has 0 saturated heterocycles. The number of rotatable bonds is 7. The molecule has 3 aromatic carbocycles. The van der Waals surface area contributed by atoms with Crippen LogP contribution in [0.3, 0.4) is 0 Å². The Labute approximate surface area is 191 Å². The Morgan fingerprint density at radius 2 is 1.45 bits per heavy atom. The maximum Gasteiger partial charge on any atom is 0.264 e. The van der Waals surface area contributed by atoms with Crippen molar-refractivity contribution in [1.82, 2.24) is 5.43 Å². The number of hydrazone groups is 1. The van der Waals surface area contributed by atoms with Crippen molar-refractivity contribution in [3.8, 4) is 0 Å². The number of benzene rings is 3. The number of hydrogen-bond donors (Lipinski definition) is 1. The van der Waals surface area contributed by atoms with Crippen LogP contribution in [0.1, 0.15) is 12.5 Å². The van der Waals surface area contributed by atoms with Gasteiger partial charge in [0.05, 0.1) is 16.3 Å². The summed E-state index contributed by atoms with van der Waals surface area (Å²) < 4.78 is 27.4. The van der Waals surface area contributed by atoms with E-state index >= 15 is 0 Å². The number of nitrogens with zero attached hydrogens (tertiary/aromatic N) is 2. The van der Waals surface area contributed by atoms with E-state index in [1.54, 1.807) is 73.7 Å². The summed E-state index contributed by atoms with van der Waals surface area (Å²) >= 11 is 11.8. The molecular weight excluding hydrogens is 457 g/mol. The van der Waals surface area contributed by atoms with Crippen molar-refractivity contribution in [3.05, 3.63) is 94.5 Å². The van der Waals surface area contributed by atoms with E-state index in [1.165, 1.54) is 12.1 Å². The first kappa shape index (κ1) is 22.8. The van der Waals surface area contributed by atoms with Gasteiger partial charge in [0.1, 0.15) is 6.54 Å². The number of hydrogen-bond acceptors (Lipinski definition) is 4. The van der Waals surface area contributed by atoms with E-state index in [4.69, 9.17) is 23.2 Å². The minimum Gasteiger partial charge on any atom is -0.271 e. The average Bonchev–Trinajstić information content (AvgIpc) is 2.77. The van der Waals surface area contributed by atoms with Crippen molar-refractivity contribution in [2.45, 2.75) is 11.8 Å². The summed E-state index contributed by atoms with van der Waals surface area (Å²) in [6, 6.07) is 21.1. The molecule has 0 saturated carbocycles. The van der Waals surface area contributed by atoms with Crippen molar-refractivity contribution < 1.29 is 13.2 Å². The first-order valence-electron chi connectivity index (χ1n) is 9.20. The molecule has 0 spiro atoms. The summed E-state index contributed by atoms with van der Waals surface area (Å²) in [6.07, 6.45) is 0. The highest BCUT2D eigenvalue weighted by atomic mass is 35.5. The van der Waals surface area contributed by atoms with E-state index in [0.29, 0.717) is 21.4 Å². The molecule has 160 valence electrons. The zero-order valence-electron chi connectivity index (χ0n) is 16.5. The van der Waals surface area contributed by atoms with E-state index in [2.05, 4.69) is 10.5 Å². The molecule has 3 rings (SSSR count). The first-order valence-corrected chi connectivity index (χ1v) is 11.4. The van der Waals surface area contributed by atoms with Gasteiger partial charge in [0.2, 0.25) is 0 Å². The SMILES string of the molecule is C/C(=N\NC(=O)CN(c1ccc(Cl)cc1)S(=O)(=O)c1ccccc1)c1ccc(Cl)cc1. The van der Waals surface area contributed by atoms with Crippen LogP contribution in [0.5, 0.6) is 0 Å². The molecule has 0 bridgehead atoms. The lowest BCUT2D eigenvalue weighted by molar-refractivity contribution is -0.119. The molecule has 0 radical (unpaired) electrons. The summed E-state index contributed by atoms with van der Waals surface area (Å²) in [5, 5.41) is 5.11. The maximum atomic E-state index is 13.2. The average molecular weight is 476 g/mol. The molecule has 0 heterocycles. The molecule has 0 aliphatic heterocycles. The predicted molar refractivity (Wildman–Crippen MR) is 124 cm³/mol. The number of nitrogens with one attached hydrogen (secondary N) is 1. The molecule has 0 fully saturated rings. The third kappa shape index (κ3) is 5.85. The number of anilines is 1. The Morgan fingerprint density at radius 3 is 2.03 bits per heavy atom. The molecule has 1 N–H and O–H groups in total. The molecule has 6 nitrogen and oxygen atoms in total. The fourth-order valence-corrected chi connectivity index (χ4v) is 4.40. The maximum absolute atomic E-state index is 13.2. The Bertz CT molecular complexity index is 1180. The summed E-state index contributed by atoms with van der Waals surface area (Å²) in [7, 11) is -3.99. The van der Waals surface area contributed by atoms with Gasteiger partial charge in [-0.25, -0.2) is 13.8 Å². The number of sulfonamides is 1. The summed E-state index contributed by atoms with van der Waals surface area (Å²) in [5.74, 6) is -0.595. The summed E-state index contributed by atoms with van der Waals surface area (Å²) in [5.41, 5.74) is 4.05. The van der Waals surface area contributed by atoms with E-state index in [0.717, 1.165) is 9.87 Å². The third-order valence-corrected chi connectivity index (χ3v) is 6.64. The van der Waals surface area contributed by atoms with Crippen LogP contribution < -0.4 is 9.73 Å². The molecule has 0 unspecified atom stereocenters. The monoisotopic (exact) mass is 475 g/mol. The van der Waals surface area contributed by atoms with Crippen molar-refractivity contribution in [2.75, 3.05) is 10.8 Å². The Hall–Kier alpha value is -2.87. The topological polar surface area (TPSA) is 78.8 Å².